The van der Waals surface area contributed by atoms with Crippen LogP contribution in [0, 0.1) is 11.8 Å². The minimum absolute atomic E-state index is 0.0432. The summed E-state index contributed by atoms with van der Waals surface area (Å²) in [7, 11) is 1.61. The zero-order valence-corrected chi connectivity index (χ0v) is 16.4. The van der Waals surface area contributed by atoms with Crippen LogP contribution in [0.15, 0.2) is 36.4 Å². The molecule has 0 aromatic heterocycles. The van der Waals surface area contributed by atoms with Gasteiger partial charge in [-0.1, -0.05) is 24.3 Å². The topological polar surface area (TPSA) is 59.1 Å². The second kappa shape index (κ2) is 6.83. The van der Waals surface area contributed by atoms with E-state index in [1.807, 2.05) is 36.4 Å². The molecule has 1 aromatic rings. The first kappa shape index (κ1) is 18.6. The average Bonchev–Trinajstić information content (AvgIpc) is 3.36. The molecule has 0 unspecified atom stereocenters. The SMILES string of the molecule is COc1cccc(CN2C[C@]34C=C[C@H](O3)[C@H](C(=O)N3CCC(F)CC3)[C@H]4C2=O)c1. The number of likely N-dealkylation sites (tertiary alicyclic amines) is 2. The molecule has 6 nitrogen and oxygen atoms in total. The Morgan fingerprint density at radius 2 is 2.14 bits per heavy atom. The molecule has 2 amide bonds. The van der Waals surface area contributed by atoms with Gasteiger partial charge in [-0.15, -0.1) is 0 Å². The third-order valence-corrected chi connectivity index (χ3v) is 6.71. The summed E-state index contributed by atoms with van der Waals surface area (Å²) >= 11 is 0. The molecule has 1 aromatic carbocycles. The van der Waals surface area contributed by atoms with Gasteiger partial charge in [-0.3, -0.25) is 9.59 Å². The summed E-state index contributed by atoms with van der Waals surface area (Å²) < 4.78 is 25.0. The number of piperidine rings is 1. The summed E-state index contributed by atoms with van der Waals surface area (Å²) in [4.78, 5) is 30.1. The zero-order valence-electron chi connectivity index (χ0n) is 16.4. The van der Waals surface area contributed by atoms with E-state index in [2.05, 4.69) is 0 Å². The summed E-state index contributed by atoms with van der Waals surface area (Å²) in [6.07, 6.45) is 3.41. The van der Waals surface area contributed by atoms with E-state index in [1.165, 1.54) is 0 Å². The first-order chi connectivity index (χ1) is 14.0. The monoisotopic (exact) mass is 400 g/mol. The molecule has 7 heteroatoms. The molecule has 0 radical (unpaired) electrons. The van der Waals surface area contributed by atoms with Gasteiger partial charge in [-0.05, 0) is 30.5 Å². The van der Waals surface area contributed by atoms with Crippen LogP contribution in [0.4, 0.5) is 4.39 Å². The first-order valence-corrected chi connectivity index (χ1v) is 10.2. The van der Waals surface area contributed by atoms with Gasteiger partial charge in [0.1, 0.15) is 17.5 Å². The maximum atomic E-state index is 13.5. The largest absolute Gasteiger partial charge is 0.497 e. The minimum Gasteiger partial charge on any atom is -0.497 e. The summed E-state index contributed by atoms with van der Waals surface area (Å²) in [5.41, 5.74) is 0.250. The average molecular weight is 400 g/mol. The fourth-order valence-electron chi connectivity index (χ4n) is 5.26. The number of fused-ring (bicyclic) bond motifs is 1. The van der Waals surface area contributed by atoms with Crippen LogP contribution in [-0.4, -0.2) is 66.2 Å². The van der Waals surface area contributed by atoms with E-state index in [1.54, 1.807) is 16.9 Å². The van der Waals surface area contributed by atoms with Crippen molar-refractivity contribution < 1.29 is 23.5 Å². The van der Waals surface area contributed by atoms with E-state index >= 15 is 0 Å². The zero-order chi connectivity index (χ0) is 20.2. The molecule has 2 bridgehead atoms. The predicted molar refractivity (Wildman–Crippen MR) is 103 cm³/mol. The number of carbonyl (C=O) groups excluding carboxylic acids is 2. The van der Waals surface area contributed by atoms with Gasteiger partial charge in [-0.2, -0.15) is 0 Å². The number of alkyl halides is 1. The van der Waals surface area contributed by atoms with E-state index in [0.717, 1.165) is 11.3 Å². The van der Waals surface area contributed by atoms with Crippen LogP contribution in [0.3, 0.4) is 0 Å². The number of hydrogen-bond acceptors (Lipinski definition) is 4. The molecule has 4 aliphatic heterocycles. The number of halogens is 1. The van der Waals surface area contributed by atoms with Crippen molar-refractivity contribution >= 4 is 11.8 Å². The first-order valence-electron chi connectivity index (χ1n) is 10.2. The fraction of sp³-hybridized carbons (Fsp3) is 0.545. The van der Waals surface area contributed by atoms with Crippen molar-refractivity contribution in [1.82, 2.24) is 9.80 Å². The third kappa shape index (κ3) is 2.94. The Labute approximate surface area is 169 Å². The molecule has 0 N–H and O–H groups in total. The minimum atomic E-state index is -0.840. The number of methoxy groups -OCH3 is 1. The van der Waals surface area contributed by atoms with Crippen LogP contribution in [0.5, 0.6) is 5.75 Å². The molecule has 3 fully saturated rings. The Balaban J connectivity index is 1.36. The normalized spacial score (nSPS) is 33.4. The highest BCUT2D eigenvalue weighted by molar-refractivity contribution is 5.93. The van der Waals surface area contributed by atoms with E-state index in [9.17, 15) is 14.0 Å². The van der Waals surface area contributed by atoms with Gasteiger partial charge in [0.15, 0.2) is 0 Å². The van der Waals surface area contributed by atoms with Crippen molar-refractivity contribution in [2.75, 3.05) is 26.7 Å². The van der Waals surface area contributed by atoms with Gasteiger partial charge in [0.25, 0.3) is 0 Å². The summed E-state index contributed by atoms with van der Waals surface area (Å²) in [6, 6.07) is 7.64. The standard InChI is InChI=1S/C22H25FN2O4/c1-28-16-4-2-3-14(11-16)12-25-13-22-8-5-17(29-22)18(19(22)21(25)27)20(26)24-9-6-15(23)7-10-24/h2-5,8,11,15,17-19H,6-7,9-10,12-13H2,1H3/t17-,18-,19-,22-/m0/s1. The van der Waals surface area contributed by atoms with Crippen molar-refractivity contribution in [1.29, 1.82) is 0 Å². The van der Waals surface area contributed by atoms with Crippen LogP contribution < -0.4 is 4.74 Å². The van der Waals surface area contributed by atoms with E-state index < -0.39 is 23.6 Å². The van der Waals surface area contributed by atoms with Gasteiger partial charge in [0, 0.05) is 19.6 Å². The number of amides is 2. The van der Waals surface area contributed by atoms with Crippen molar-refractivity contribution in [2.24, 2.45) is 11.8 Å². The number of carbonyl (C=O) groups is 2. The second-order valence-corrected chi connectivity index (χ2v) is 8.45. The van der Waals surface area contributed by atoms with Gasteiger partial charge in [-0.25, -0.2) is 4.39 Å². The third-order valence-electron chi connectivity index (χ3n) is 6.71. The lowest BCUT2D eigenvalue weighted by Crippen LogP contribution is -2.48. The summed E-state index contributed by atoms with van der Waals surface area (Å²) in [5, 5.41) is 0. The van der Waals surface area contributed by atoms with Crippen LogP contribution in [0.2, 0.25) is 0 Å². The Morgan fingerprint density at radius 3 is 2.90 bits per heavy atom. The Morgan fingerprint density at radius 1 is 1.34 bits per heavy atom. The number of nitrogens with zero attached hydrogens (tertiary/aromatic N) is 2. The maximum Gasteiger partial charge on any atom is 0.230 e. The van der Waals surface area contributed by atoms with Gasteiger partial charge < -0.3 is 19.3 Å². The van der Waals surface area contributed by atoms with Gasteiger partial charge in [0.2, 0.25) is 11.8 Å². The van der Waals surface area contributed by atoms with Crippen molar-refractivity contribution in [3.63, 3.8) is 0 Å². The highest BCUT2D eigenvalue weighted by atomic mass is 19.1. The highest BCUT2D eigenvalue weighted by Crippen LogP contribution is 2.52. The quantitative estimate of drug-likeness (QED) is 0.725. The molecular weight excluding hydrogens is 375 g/mol. The number of ether oxygens (including phenoxy) is 2. The number of rotatable bonds is 4. The van der Waals surface area contributed by atoms with Crippen LogP contribution in [-0.2, 0) is 20.9 Å². The van der Waals surface area contributed by atoms with E-state index in [-0.39, 0.29) is 17.9 Å². The van der Waals surface area contributed by atoms with Crippen LogP contribution in [0.1, 0.15) is 18.4 Å². The smallest absolute Gasteiger partial charge is 0.230 e. The van der Waals surface area contributed by atoms with E-state index in [4.69, 9.17) is 9.47 Å². The fourth-order valence-corrected chi connectivity index (χ4v) is 5.26. The Kier molecular flexibility index (Phi) is 4.38. The lowest BCUT2D eigenvalue weighted by Gasteiger charge is -2.33. The van der Waals surface area contributed by atoms with Gasteiger partial charge in [0.05, 0.1) is 31.6 Å². The number of benzene rings is 1. The highest BCUT2D eigenvalue weighted by Gasteiger charge is 2.67. The molecule has 4 aliphatic rings. The van der Waals surface area contributed by atoms with Crippen molar-refractivity contribution in [2.45, 2.75) is 37.3 Å². The lowest BCUT2D eigenvalue weighted by atomic mass is 9.76. The van der Waals surface area contributed by atoms with Gasteiger partial charge >= 0.3 is 0 Å². The second-order valence-electron chi connectivity index (χ2n) is 8.45. The number of hydrogen-bond donors (Lipinski definition) is 0. The molecule has 4 atom stereocenters. The molecular formula is C22H25FN2O4. The van der Waals surface area contributed by atoms with Crippen molar-refractivity contribution in [3.05, 3.63) is 42.0 Å². The summed E-state index contributed by atoms with van der Waals surface area (Å²) in [5.74, 6) is -0.389. The molecule has 5 rings (SSSR count). The molecule has 0 saturated carbocycles. The molecule has 4 heterocycles. The maximum absolute atomic E-state index is 13.5. The lowest BCUT2D eigenvalue weighted by molar-refractivity contribution is -0.144. The Bertz CT molecular complexity index is 866. The summed E-state index contributed by atoms with van der Waals surface area (Å²) in [6.45, 7) is 1.71. The molecule has 154 valence electrons. The molecule has 29 heavy (non-hydrogen) atoms. The van der Waals surface area contributed by atoms with Crippen LogP contribution >= 0.6 is 0 Å². The molecule has 0 aliphatic carbocycles. The van der Waals surface area contributed by atoms with Crippen LogP contribution in [0.25, 0.3) is 0 Å². The van der Waals surface area contributed by atoms with E-state index in [0.29, 0.717) is 39.0 Å². The van der Waals surface area contributed by atoms with Crippen molar-refractivity contribution in [3.8, 4) is 5.75 Å². The Hall–Kier alpha value is -2.41. The predicted octanol–water partition coefficient (Wildman–Crippen LogP) is 1.94. The molecule has 1 spiro atoms. The molecule has 3 saturated heterocycles.